The van der Waals surface area contributed by atoms with Crippen LogP contribution < -0.4 is 5.73 Å². The summed E-state index contributed by atoms with van der Waals surface area (Å²) >= 11 is 0. The molecule has 0 atom stereocenters. The van der Waals surface area contributed by atoms with Crippen molar-refractivity contribution in [1.82, 2.24) is 0 Å². The van der Waals surface area contributed by atoms with Gasteiger partial charge in [0.15, 0.2) is 0 Å². The third-order valence-corrected chi connectivity index (χ3v) is 3.61. The van der Waals surface area contributed by atoms with Crippen LogP contribution in [0.4, 0.5) is 0 Å². The quantitative estimate of drug-likeness (QED) is 0.521. The van der Waals surface area contributed by atoms with Gasteiger partial charge < -0.3 is 5.73 Å². The van der Waals surface area contributed by atoms with Gasteiger partial charge in [0.05, 0.1) is 0 Å². The van der Waals surface area contributed by atoms with E-state index in [9.17, 15) is 0 Å². The molecule has 1 nitrogen and oxygen atoms in total. The summed E-state index contributed by atoms with van der Waals surface area (Å²) in [5.41, 5.74) is 6.56. The monoisotopic (exact) mass is 149 g/mol. The van der Waals surface area contributed by atoms with E-state index in [0.717, 1.165) is 19.3 Å². The molecule has 3 rings (SSSR count). The number of hydrogen-bond acceptors (Lipinski definition) is 1. The average molecular weight is 149 g/mol. The topological polar surface area (TPSA) is 26.0 Å². The molecule has 2 bridgehead atoms. The number of terminal acetylenes is 1. The molecular formula is C10H15N. The summed E-state index contributed by atoms with van der Waals surface area (Å²) in [6.07, 6.45) is 12.5. The second-order valence-electron chi connectivity index (χ2n) is 4.29. The molecule has 0 saturated heterocycles. The van der Waals surface area contributed by atoms with E-state index >= 15 is 0 Å². The van der Waals surface area contributed by atoms with Crippen LogP contribution in [0.25, 0.3) is 0 Å². The first-order valence-electron chi connectivity index (χ1n) is 4.45. The fourth-order valence-corrected chi connectivity index (χ4v) is 2.43. The lowest BCUT2D eigenvalue weighted by atomic mass is 9.58. The van der Waals surface area contributed by atoms with Crippen LogP contribution in [0.1, 0.15) is 38.5 Å². The van der Waals surface area contributed by atoms with Crippen LogP contribution >= 0.6 is 0 Å². The van der Waals surface area contributed by atoms with Crippen LogP contribution in [-0.2, 0) is 0 Å². The van der Waals surface area contributed by atoms with Crippen LogP contribution in [0, 0.1) is 17.8 Å². The van der Waals surface area contributed by atoms with Crippen molar-refractivity contribution in [3.8, 4) is 12.3 Å². The van der Waals surface area contributed by atoms with Crippen LogP contribution in [0.2, 0.25) is 0 Å². The molecule has 0 unspecified atom stereocenters. The van der Waals surface area contributed by atoms with Crippen LogP contribution in [0.3, 0.4) is 0 Å². The van der Waals surface area contributed by atoms with Crippen molar-refractivity contribution in [2.24, 2.45) is 11.1 Å². The molecule has 2 N–H and O–H groups in total. The van der Waals surface area contributed by atoms with Gasteiger partial charge >= 0.3 is 0 Å². The number of rotatable bonds is 0. The Kier molecular flexibility index (Phi) is 1.32. The SMILES string of the molecule is C#CC12CCC(N)(CC1)CC2. The lowest BCUT2D eigenvalue weighted by molar-refractivity contribution is 0.0921. The Labute approximate surface area is 68.4 Å². The second-order valence-corrected chi connectivity index (χ2v) is 4.29. The highest BCUT2D eigenvalue weighted by Gasteiger charge is 2.45. The molecule has 0 aliphatic heterocycles. The van der Waals surface area contributed by atoms with Gasteiger partial charge in [0.2, 0.25) is 0 Å². The second kappa shape index (κ2) is 2.01. The van der Waals surface area contributed by atoms with Gasteiger partial charge in [0.25, 0.3) is 0 Å². The number of hydrogen-bond donors (Lipinski definition) is 1. The van der Waals surface area contributed by atoms with E-state index in [1.54, 1.807) is 0 Å². The van der Waals surface area contributed by atoms with Gasteiger partial charge in [-0.1, -0.05) is 5.92 Å². The highest BCUT2D eigenvalue weighted by molar-refractivity contribution is 5.14. The summed E-state index contributed by atoms with van der Waals surface area (Å²) in [6.45, 7) is 0. The van der Waals surface area contributed by atoms with Crippen LogP contribution in [0.5, 0.6) is 0 Å². The molecule has 3 fully saturated rings. The first-order chi connectivity index (χ1) is 5.18. The van der Waals surface area contributed by atoms with Gasteiger partial charge in [-0.15, -0.1) is 6.42 Å². The molecule has 1 heteroatoms. The lowest BCUT2D eigenvalue weighted by Gasteiger charge is -2.49. The molecule has 0 heterocycles. The van der Waals surface area contributed by atoms with Gasteiger partial charge in [-0.2, -0.15) is 0 Å². The van der Waals surface area contributed by atoms with E-state index in [0.29, 0.717) is 0 Å². The van der Waals surface area contributed by atoms with E-state index in [1.807, 2.05) is 0 Å². The standard InChI is InChI=1S/C10H15N/c1-2-9-3-6-10(11,7-4-9)8-5-9/h1H,3-8,11H2. The molecule has 11 heavy (non-hydrogen) atoms. The zero-order valence-electron chi connectivity index (χ0n) is 6.90. The average Bonchev–Trinajstić information content (AvgIpc) is 2.07. The molecule has 0 amide bonds. The third kappa shape index (κ3) is 0.973. The molecule has 0 aromatic carbocycles. The van der Waals surface area contributed by atoms with Crippen molar-refractivity contribution in [2.45, 2.75) is 44.1 Å². The summed E-state index contributed by atoms with van der Waals surface area (Å²) in [5.74, 6) is 2.97. The highest BCUT2D eigenvalue weighted by atomic mass is 14.8. The first-order valence-corrected chi connectivity index (χ1v) is 4.45. The molecule has 60 valence electrons. The van der Waals surface area contributed by atoms with Gasteiger partial charge in [-0.3, -0.25) is 0 Å². The Bertz CT molecular complexity index is 187. The van der Waals surface area contributed by atoms with Crippen LogP contribution in [-0.4, -0.2) is 5.54 Å². The van der Waals surface area contributed by atoms with E-state index in [-0.39, 0.29) is 11.0 Å². The maximum absolute atomic E-state index is 6.14. The molecule has 0 radical (unpaired) electrons. The van der Waals surface area contributed by atoms with Crippen molar-refractivity contribution in [3.63, 3.8) is 0 Å². The highest BCUT2D eigenvalue weighted by Crippen LogP contribution is 2.50. The fraction of sp³-hybridized carbons (Fsp3) is 0.800. The maximum Gasteiger partial charge on any atom is 0.0314 e. The Morgan fingerprint density at radius 2 is 1.45 bits per heavy atom. The van der Waals surface area contributed by atoms with E-state index in [4.69, 9.17) is 12.2 Å². The molecule has 3 saturated carbocycles. The van der Waals surface area contributed by atoms with E-state index < -0.39 is 0 Å². The lowest BCUT2D eigenvalue weighted by Crippen LogP contribution is -2.51. The molecule has 3 aliphatic carbocycles. The molecule has 0 aromatic rings. The predicted octanol–water partition coefficient (Wildman–Crippen LogP) is 1.67. The summed E-state index contributed by atoms with van der Waals surface area (Å²) in [6, 6.07) is 0. The van der Waals surface area contributed by atoms with Crippen molar-refractivity contribution in [3.05, 3.63) is 0 Å². The number of fused-ring (bicyclic) bond motifs is 3. The number of nitrogens with two attached hydrogens (primary N) is 1. The van der Waals surface area contributed by atoms with Gasteiger partial charge in [0, 0.05) is 11.0 Å². The van der Waals surface area contributed by atoms with Gasteiger partial charge in [0.1, 0.15) is 0 Å². The van der Waals surface area contributed by atoms with Crippen molar-refractivity contribution in [2.75, 3.05) is 0 Å². The minimum atomic E-state index is 0.165. The summed E-state index contributed by atoms with van der Waals surface area (Å²) in [4.78, 5) is 0. The molecular weight excluding hydrogens is 134 g/mol. The normalized spacial score (nSPS) is 48.7. The Morgan fingerprint density at radius 3 is 1.82 bits per heavy atom. The smallest absolute Gasteiger partial charge is 0.0314 e. The molecule has 3 aliphatic rings. The first kappa shape index (κ1) is 7.18. The summed E-state index contributed by atoms with van der Waals surface area (Å²) in [7, 11) is 0. The fourth-order valence-electron chi connectivity index (χ4n) is 2.43. The Morgan fingerprint density at radius 1 is 1.00 bits per heavy atom. The minimum Gasteiger partial charge on any atom is -0.325 e. The zero-order chi connectivity index (χ0) is 7.95. The predicted molar refractivity (Wildman–Crippen MR) is 45.9 cm³/mol. The van der Waals surface area contributed by atoms with Gasteiger partial charge in [-0.05, 0) is 38.5 Å². The van der Waals surface area contributed by atoms with Crippen molar-refractivity contribution < 1.29 is 0 Å². The Balaban J connectivity index is 2.20. The zero-order valence-corrected chi connectivity index (χ0v) is 6.90. The minimum absolute atomic E-state index is 0.165. The van der Waals surface area contributed by atoms with Crippen molar-refractivity contribution in [1.29, 1.82) is 0 Å². The van der Waals surface area contributed by atoms with Crippen LogP contribution in [0.15, 0.2) is 0 Å². The maximum atomic E-state index is 6.14. The van der Waals surface area contributed by atoms with E-state index in [2.05, 4.69) is 5.92 Å². The van der Waals surface area contributed by atoms with Gasteiger partial charge in [-0.25, -0.2) is 0 Å². The Hall–Kier alpha value is -0.480. The molecule has 0 aromatic heterocycles. The largest absolute Gasteiger partial charge is 0.325 e. The summed E-state index contributed by atoms with van der Waals surface area (Å²) < 4.78 is 0. The van der Waals surface area contributed by atoms with Crippen molar-refractivity contribution >= 4 is 0 Å². The molecule has 0 spiro atoms. The third-order valence-electron chi connectivity index (χ3n) is 3.61. The van der Waals surface area contributed by atoms with E-state index in [1.165, 1.54) is 19.3 Å². The summed E-state index contributed by atoms with van der Waals surface area (Å²) in [5, 5.41) is 0.